The van der Waals surface area contributed by atoms with Crippen molar-refractivity contribution in [3.8, 4) is 5.75 Å². The Morgan fingerprint density at radius 2 is 1.83 bits per heavy atom. The molecular weight excluding hydrogens is 341 g/mol. The topological polar surface area (TPSA) is 76.1 Å². The number of carbonyl (C=O) groups is 2. The lowest BCUT2D eigenvalue weighted by atomic mass is 10.1. The first-order chi connectivity index (χ1) is 11.4. The fourth-order valence-electron chi connectivity index (χ4n) is 2.07. The third-order valence-corrected chi connectivity index (χ3v) is 3.46. The molecule has 1 aliphatic heterocycles. The molecule has 0 saturated carbocycles. The van der Waals surface area contributed by atoms with E-state index in [0.29, 0.717) is 0 Å². The molecule has 0 aliphatic carbocycles. The van der Waals surface area contributed by atoms with Crippen molar-refractivity contribution in [2.24, 2.45) is 0 Å². The summed E-state index contributed by atoms with van der Waals surface area (Å²) in [5, 5.41) is 9.79. The molecule has 126 valence electrons. The van der Waals surface area contributed by atoms with Gasteiger partial charge in [-0.3, -0.25) is 0 Å². The molecule has 1 heterocycles. The van der Waals surface area contributed by atoms with Gasteiger partial charge >= 0.3 is 11.9 Å². The van der Waals surface area contributed by atoms with Crippen molar-refractivity contribution in [1.82, 2.24) is 0 Å². The first kappa shape index (κ1) is 17.6. The van der Waals surface area contributed by atoms with Gasteiger partial charge in [0.05, 0.1) is 30.5 Å². The lowest BCUT2D eigenvalue weighted by Crippen LogP contribution is -2.27. The highest BCUT2D eigenvalue weighted by atomic mass is 35.5. The molecule has 6 nitrogen and oxygen atoms in total. The Labute approximate surface area is 142 Å². The van der Waals surface area contributed by atoms with E-state index in [4.69, 9.17) is 16.3 Å². The van der Waals surface area contributed by atoms with E-state index in [1.807, 2.05) is 0 Å². The van der Waals surface area contributed by atoms with E-state index in [1.165, 1.54) is 24.4 Å². The van der Waals surface area contributed by atoms with Crippen LogP contribution in [0.5, 0.6) is 5.75 Å². The quantitative estimate of drug-likeness (QED) is 0.842. The summed E-state index contributed by atoms with van der Waals surface area (Å²) in [6.07, 6.45) is 5.68. The molecule has 0 amide bonds. The number of methoxy groups -OCH3 is 2. The predicted molar refractivity (Wildman–Crippen MR) is 84.9 cm³/mol. The van der Waals surface area contributed by atoms with Crippen molar-refractivity contribution < 1.29 is 28.6 Å². The summed E-state index contributed by atoms with van der Waals surface area (Å²) in [5.74, 6) is -2.87. The summed E-state index contributed by atoms with van der Waals surface area (Å²) in [4.78, 5) is 25.3. The van der Waals surface area contributed by atoms with Crippen LogP contribution >= 0.6 is 11.6 Å². The average molecular weight is 354 g/mol. The van der Waals surface area contributed by atoms with Gasteiger partial charge in [-0.25, -0.2) is 14.0 Å². The van der Waals surface area contributed by atoms with Gasteiger partial charge in [-0.1, -0.05) is 17.7 Å². The van der Waals surface area contributed by atoms with E-state index in [1.54, 1.807) is 0 Å². The van der Waals surface area contributed by atoms with Crippen molar-refractivity contribution >= 4 is 29.2 Å². The second-order valence-corrected chi connectivity index (χ2v) is 4.98. The van der Waals surface area contributed by atoms with E-state index in [0.717, 1.165) is 31.3 Å². The van der Waals surface area contributed by atoms with Crippen LogP contribution in [0, 0.1) is 5.82 Å². The summed E-state index contributed by atoms with van der Waals surface area (Å²) in [6, 6.07) is 1.93. The van der Waals surface area contributed by atoms with Gasteiger partial charge in [0.15, 0.2) is 0 Å². The molecule has 0 atom stereocenters. The van der Waals surface area contributed by atoms with Crippen LogP contribution in [0.3, 0.4) is 0 Å². The zero-order valence-electron chi connectivity index (χ0n) is 12.7. The number of nitrogens with zero attached hydrogens (tertiary/aromatic N) is 1. The number of hydrogen-bond donors (Lipinski definition) is 1. The molecule has 0 spiro atoms. The molecule has 1 aromatic carbocycles. The number of esters is 2. The number of rotatable bonds is 3. The van der Waals surface area contributed by atoms with Crippen molar-refractivity contribution in [1.29, 1.82) is 0 Å². The lowest BCUT2D eigenvalue weighted by molar-refractivity contribution is -0.139. The fourth-order valence-corrected chi connectivity index (χ4v) is 2.23. The molecule has 24 heavy (non-hydrogen) atoms. The molecular formula is C16H13ClFNO5. The van der Waals surface area contributed by atoms with E-state index < -0.39 is 23.5 Å². The lowest BCUT2D eigenvalue weighted by Gasteiger charge is -2.24. The van der Waals surface area contributed by atoms with E-state index in [9.17, 15) is 19.1 Å². The predicted octanol–water partition coefficient (Wildman–Crippen LogP) is 2.67. The van der Waals surface area contributed by atoms with Crippen molar-refractivity contribution in [2.45, 2.75) is 0 Å². The number of benzene rings is 1. The number of anilines is 1. The van der Waals surface area contributed by atoms with Crippen LogP contribution in [0.4, 0.5) is 10.1 Å². The third-order valence-electron chi connectivity index (χ3n) is 3.17. The minimum atomic E-state index is -0.874. The van der Waals surface area contributed by atoms with Crippen molar-refractivity contribution in [3.63, 3.8) is 0 Å². The monoisotopic (exact) mass is 353 g/mol. The summed E-state index contributed by atoms with van der Waals surface area (Å²) in [7, 11) is 2.28. The molecule has 0 aromatic heterocycles. The molecule has 2 rings (SSSR count). The van der Waals surface area contributed by atoms with Crippen LogP contribution in [0.1, 0.15) is 0 Å². The minimum Gasteiger partial charge on any atom is -0.506 e. The maximum absolute atomic E-state index is 13.8. The van der Waals surface area contributed by atoms with Gasteiger partial charge in [0, 0.05) is 18.3 Å². The van der Waals surface area contributed by atoms with Crippen LogP contribution in [0.2, 0.25) is 5.02 Å². The SMILES string of the molecule is COC(=O)C1=C(C(=O)OC)N(c2cc(F)c(Cl)cc2O)C=CC=C1. The normalized spacial score (nSPS) is 13.8. The third kappa shape index (κ3) is 3.26. The van der Waals surface area contributed by atoms with Crippen molar-refractivity contribution in [3.05, 3.63) is 58.7 Å². The van der Waals surface area contributed by atoms with Crippen molar-refractivity contribution in [2.75, 3.05) is 19.1 Å². The summed E-state index contributed by atoms with van der Waals surface area (Å²) >= 11 is 5.62. The number of halogens is 2. The van der Waals surface area contributed by atoms with Gasteiger partial charge in [-0.15, -0.1) is 0 Å². The van der Waals surface area contributed by atoms with Crippen LogP contribution in [0.25, 0.3) is 0 Å². The van der Waals surface area contributed by atoms with E-state index in [2.05, 4.69) is 4.74 Å². The zero-order chi connectivity index (χ0) is 17.9. The Morgan fingerprint density at radius 3 is 2.46 bits per heavy atom. The highest BCUT2D eigenvalue weighted by Gasteiger charge is 2.29. The first-order valence-electron chi connectivity index (χ1n) is 6.63. The largest absolute Gasteiger partial charge is 0.506 e. The molecule has 0 bridgehead atoms. The number of allylic oxidation sites excluding steroid dienone is 2. The molecule has 1 N–H and O–H groups in total. The number of aromatic hydroxyl groups is 1. The first-order valence-corrected chi connectivity index (χ1v) is 7.01. The van der Waals surface area contributed by atoms with Crippen LogP contribution < -0.4 is 4.90 Å². The molecule has 0 fully saturated rings. The molecule has 0 radical (unpaired) electrons. The Morgan fingerprint density at radius 1 is 1.17 bits per heavy atom. The summed E-state index contributed by atoms with van der Waals surface area (Å²) in [6.45, 7) is 0. The van der Waals surface area contributed by atoms with Gasteiger partial charge < -0.3 is 19.5 Å². The molecule has 0 unspecified atom stereocenters. The van der Waals surface area contributed by atoms with Gasteiger partial charge in [-0.05, 0) is 12.2 Å². The highest BCUT2D eigenvalue weighted by molar-refractivity contribution is 6.31. The molecule has 0 saturated heterocycles. The van der Waals surface area contributed by atoms with Crippen LogP contribution in [-0.4, -0.2) is 31.3 Å². The zero-order valence-corrected chi connectivity index (χ0v) is 13.5. The Hall–Kier alpha value is -2.80. The summed E-state index contributed by atoms with van der Waals surface area (Å²) < 4.78 is 23.2. The van der Waals surface area contributed by atoms with Gasteiger partial charge in [-0.2, -0.15) is 0 Å². The van der Waals surface area contributed by atoms with E-state index >= 15 is 0 Å². The second kappa shape index (κ2) is 7.18. The molecule has 8 heteroatoms. The smallest absolute Gasteiger partial charge is 0.355 e. The maximum atomic E-state index is 13.8. The van der Waals surface area contributed by atoms with Crippen LogP contribution in [0.15, 0.2) is 47.8 Å². The van der Waals surface area contributed by atoms with Gasteiger partial charge in [0.25, 0.3) is 0 Å². The Bertz CT molecular complexity index is 785. The number of phenols is 1. The fraction of sp³-hybridized carbons (Fsp3) is 0.125. The Kier molecular flexibility index (Phi) is 5.25. The van der Waals surface area contributed by atoms with E-state index in [-0.39, 0.29) is 22.0 Å². The molecule has 1 aliphatic rings. The Balaban J connectivity index is 2.72. The molecule has 1 aromatic rings. The second-order valence-electron chi connectivity index (χ2n) is 4.57. The van der Waals surface area contributed by atoms with Crippen LogP contribution in [-0.2, 0) is 19.1 Å². The number of phenolic OH excluding ortho intramolecular Hbond substituents is 1. The highest BCUT2D eigenvalue weighted by Crippen LogP contribution is 2.36. The van der Waals surface area contributed by atoms with Gasteiger partial charge in [0.2, 0.25) is 0 Å². The maximum Gasteiger partial charge on any atom is 0.355 e. The minimum absolute atomic E-state index is 0.0985. The van der Waals surface area contributed by atoms with Gasteiger partial charge in [0.1, 0.15) is 17.3 Å². The standard InChI is InChI=1S/C16H13ClFNO5/c1-23-15(21)9-5-3-4-6-19(14(9)16(22)24-2)12-8-11(18)10(17)7-13(12)20/h3-8,20H,1-2H3. The average Bonchev–Trinajstić information content (AvgIpc) is 2.79. The summed E-state index contributed by atoms with van der Waals surface area (Å²) in [5.41, 5.74) is -0.464. The number of hydrogen-bond acceptors (Lipinski definition) is 6. The number of carbonyl (C=O) groups excluding carboxylic acids is 2. The number of ether oxygens (including phenoxy) is 2.